The van der Waals surface area contributed by atoms with E-state index in [1.807, 2.05) is 0 Å². The fourth-order valence-electron chi connectivity index (χ4n) is 4.50. The molecule has 2 heteroatoms. The number of ether oxygens (including phenoxy) is 1. The predicted molar refractivity (Wildman–Crippen MR) is 114 cm³/mol. The van der Waals surface area contributed by atoms with Crippen molar-refractivity contribution in [3.05, 3.63) is 65.2 Å². The number of benzene rings is 2. The molecule has 0 amide bonds. The van der Waals surface area contributed by atoms with Crippen molar-refractivity contribution < 1.29 is 9.53 Å². The molecule has 4 atom stereocenters. The van der Waals surface area contributed by atoms with Crippen molar-refractivity contribution in [2.45, 2.75) is 64.2 Å². The van der Waals surface area contributed by atoms with E-state index in [-0.39, 0.29) is 0 Å². The molecule has 0 saturated heterocycles. The zero-order chi connectivity index (χ0) is 19.5. The Morgan fingerprint density at radius 1 is 0.964 bits per heavy atom. The Bertz CT molecular complexity index is 825. The highest BCUT2D eigenvalue weighted by Crippen LogP contribution is 2.51. The van der Waals surface area contributed by atoms with Gasteiger partial charge in [0.05, 0.1) is 6.61 Å². The van der Waals surface area contributed by atoms with Crippen LogP contribution in [-0.2, 0) is 4.79 Å². The van der Waals surface area contributed by atoms with Crippen molar-refractivity contribution >= 4 is 5.78 Å². The van der Waals surface area contributed by atoms with Gasteiger partial charge in [-0.05, 0) is 73.6 Å². The third-order valence-corrected chi connectivity index (χ3v) is 6.39. The molecule has 2 nitrogen and oxygen atoms in total. The maximum atomic E-state index is 11.8. The van der Waals surface area contributed by atoms with E-state index in [4.69, 9.17) is 4.74 Å². The molecular weight excluding hydrogens is 344 g/mol. The van der Waals surface area contributed by atoms with Gasteiger partial charge in [0.1, 0.15) is 11.5 Å². The number of ketones is 1. The first-order chi connectivity index (χ1) is 13.6. The molecule has 0 bridgehead atoms. The SMILES string of the molecule is CCCC(=O)CCC1CC1c1cccc(OCC2CC2c2cccc(C)c2)c1. The Morgan fingerprint density at radius 3 is 2.46 bits per heavy atom. The fourth-order valence-corrected chi connectivity index (χ4v) is 4.50. The summed E-state index contributed by atoms with van der Waals surface area (Å²) in [5, 5.41) is 0. The molecule has 0 aliphatic heterocycles. The number of Topliss-reactive ketones (excluding diaryl/α,β-unsaturated/α-hetero) is 1. The zero-order valence-corrected chi connectivity index (χ0v) is 17.2. The highest BCUT2D eigenvalue weighted by atomic mass is 16.5. The van der Waals surface area contributed by atoms with Crippen LogP contribution in [-0.4, -0.2) is 12.4 Å². The van der Waals surface area contributed by atoms with Crippen LogP contribution in [0.2, 0.25) is 0 Å². The summed E-state index contributed by atoms with van der Waals surface area (Å²) in [5.41, 5.74) is 4.18. The molecule has 28 heavy (non-hydrogen) atoms. The molecule has 2 aromatic rings. The molecule has 0 aromatic heterocycles. The molecule has 0 radical (unpaired) electrons. The lowest BCUT2D eigenvalue weighted by Gasteiger charge is -2.08. The summed E-state index contributed by atoms with van der Waals surface area (Å²) in [6.07, 6.45) is 5.98. The summed E-state index contributed by atoms with van der Waals surface area (Å²) in [6.45, 7) is 5.05. The van der Waals surface area contributed by atoms with Gasteiger partial charge in [-0.2, -0.15) is 0 Å². The summed E-state index contributed by atoms with van der Waals surface area (Å²) in [5.74, 6) is 4.04. The van der Waals surface area contributed by atoms with Gasteiger partial charge in [-0.1, -0.05) is 48.9 Å². The molecule has 2 aliphatic carbocycles. The van der Waals surface area contributed by atoms with Crippen LogP contribution < -0.4 is 4.74 Å². The normalized spacial score (nSPS) is 25.4. The lowest BCUT2D eigenvalue weighted by atomic mass is 10.0. The van der Waals surface area contributed by atoms with E-state index in [1.165, 1.54) is 29.5 Å². The molecule has 4 rings (SSSR count). The van der Waals surface area contributed by atoms with E-state index in [1.54, 1.807) is 0 Å². The number of hydrogen-bond donors (Lipinski definition) is 0. The van der Waals surface area contributed by atoms with Gasteiger partial charge in [0.25, 0.3) is 0 Å². The standard InChI is InChI=1S/C26H32O2/c1-3-6-23(27)12-11-21-15-25(21)20-9-5-10-24(14-20)28-17-22-16-26(22)19-8-4-7-18(2)13-19/h4-5,7-10,13-14,21-22,25-26H,3,6,11-12,15-17H2,1-2H3. The third kappa shape index (κ3) is 4.84. The zero-order valence-electron chi connectivity index (χ0n) is 17.2. The minimum Gasteiger partial charge on any atom is -0.493 e. The van der Waals surface area contributed by atoms with Crippen molar-refractivity contribution in [1.82, 2.24) is 0 Å². The molecule has 4 unspecified atom stereocenters. The van der Waals surface area contributed by atoms with Crippen LogP contribution in [0.1, 0.15) is 74.0 Å². The van der Waals surface area contributed by atoms with Gasteiger partial charge in [0.15, 0.2) is 0 Å². The minimum absolute atomic E-state index is 0.429. The number of aryl methyl sites for hydroxylation is 1. The first kappa shape index (κ1) is 19.2. The molecule has 148 valence electrons. The van der Waals surface area contributed by atoms with Crippen LogP contribution in [0.3, 0.4) is 0 Å². The largest absolute Gasteiger partial charge is 0.493 e. The van der Waals surface area contributed by atoms with Gasteiger partial charge >= 0.3 is 0 Å². The summed E-state index contributed by atoms with van der Waals surface area (Å²) >= 11 is 0. The van der Waals surface area contributed by atoms with Crippen LogP contribution in [0.4, 0.5) is 0 Å². The van der Waals surface area contributed by atoms with Crippen LogP contribution >= 0.6 is 0 Å². The van der Waals surface area contributed by atoms with Gasteiger partial charge < -0.3 is 4.74 Å². The Morgan fingerprint density at radius 2 is 1.68 bits per heavy atom. The average molecular weight is 377 g/mol. The van der Waals surface area contributed by atoms with E-state index >= 15 is 0 Å². The van der Waals surface area contributed by atoms with Crippen molar-refractivity contribution in [3.8, 4) is 5.75 Å². The average Bonchev–Trinajstić information content (AvgIpc) is 3.60. The van der Waals surface area contributed by atoms with Gasteiger partial charge in [-0.25, -0.2) is 0 Å². The smallest absolute Gasteiger partial charge is 0.132 e. The summed E-state index contributed by atoms with van der Waals surface area (Å²) in [6, 6.07) is 17.5. The first-order valence-corrected chi connectivity index (χ1v) is 10.9. The molecule has 2 fully saturated rings. The lowest BCUT2D eigenvalue weighted by Crippen LogP contribution is -2.01. The lowest BCUT2D eigenvalue weighted by molar-refractivity contribution is -0.119. The van der Waals surface area contributed by atoms with Crippen LogP contribution in [0.15, 0.2) is 48.5 Å². The Labute approximate surface area is 169 Å². The predicted octanol–water partition coefficient (Wildman–Crippen LogP) is 6.43. The van der Waals surface area contributed by atoms with Crippen molar-refractivity contribution in [2.24, 2.45) is 11.8 Å². The fraction of sp³-hybridized carbons (Fsp3) is 0.500. The van der Waals surface area contributed by atoms with Crippen LogP contribution in [0.25, 0.3) is 0 Å². The molecule has 2 aromatic carbocycles. The summed E-state index contributed by atoms with van der Waals surface area (Å²) in [4.78, 5) is 11.8. The number of hydrogen-bond acceptors (Lipinski definition) is 2. The number of rotatable bonds is 10. The maximum Gasteiger partial charge on any atom is 0.132 e. The highest BCUT2D eigenvalue weighted by molar-refractivity contribution is 5.78. The summed E-state index contributed by atoms with van der Waals surface area (Å²) in [7, 11) is 0. The molecule has 0 heterocycles. The Kier molecular flexibility index (Phi) is 5.85. The first-order valence-electron chi connectivity index (χ1n) is 10.9. The third-order valence-electron chi connectivity index (χ3n) is 6.39. The van der Waals surface area contributed by atoms with Gasteiger partial charge in [0.2, 0.25) is 0 Å². The number of carbonyl (C=O) groups is 1. The van der Waals surface area contributed by atoms with Gasteiger partial charge in [0, 0.05) is 18.8 Å². The Hall–Kier alpha value is -2.09. The van der Waals surface area contributed by atoms with Gasteiger partial charge in [-0.3, -0.25) is 4.79 Å². The van der Waals surface area contributed by atoms with E-state index in [9.17, 15) is 4.79 Å². The van der Waals surface area contributed by atoms with E-state index in [0.29, 0.717) is 29.5 Å². The molecular formula is C26H32O2. The van der Waals surface area contributed by atoms with E-state index in [0.717, 1.165) is 38.0 Å². The topological polar surface area (TPSA) is 26.3 Å². The van der Waals surface area contributed by atoms with Crippen molar-refractivity contribution in [2.75, 3.05) is 6.61 Å². The minimum atomic E-state index is 0.429. The Balaban J connectivity index is 1.25. The summed E-state index contributed by atoms with van der Waals surface area (Å²) < 4.78 is 6.14. The van der Waals surface area contributed by atoms with Crippen LogP contribution in [0, 0.1) is 18.8 Å². The highest BCUT2D eigenvalue weighted by Gasteiger charge is 2.39. The van der Waals surface area contributed by atoms with Gasteiger partial charge in [-0.15, -0.1) is 0 Å². The van der Waals surface area contributed by atoms with Crippen LogP contribution in [0.5, 0.6) is 5.75 Å². The molecule has 0 N–H and O–H groups in total. The second-order valence-electron chi connectivity index (χ2n) is 8.83. The monoisotopic (exact) mass is 376 g/mol. The van der Waals surface area contributed by atoms with Crippen molar-refractivity contribution in [1.29, 1.82) is 0 Å². The van der Waals surface area contributed by atoms with E-state index in [2.05, 4.69) is 62.4 Å². The molecule has 2 aliphatic rings. The second-order valence-corrected chi connectivity index (χ2v) is 8.83. The maximum absolute atomic E-state index is 11.8. The van der Waals surface area contributed by atoms with Crippen molar-refractivity contribution in [3.63, 3.8) is 0 Å². The molecule has 0 spiro atoms. The molecule has 2 saturated carbocycles. The second kappa shape index (κ2) is 8.51. The quantitative estimate of drug-likeness (QED) is 0.477. The number of carbonyl (C=O) groups excluding carboxylic acids is 1. The van der Waals surface area contributed by atoms with E-state index < -0.39 is 0 Å².